The molecule has 1 fully saturated rings. The van der Waals surface area contributed by atoms with Crippen LogP contribution in [-0.2, 0) is 15.0 Å². The molecule has 0 radical (unpaired) electrons. The predicted octanol–water partition coefficient (Wildman–Crippen LogP) is 4.26. The first kappa shape index (κ1) is 23.2. The molecule has 3 rings (SSSR count). The van der Waals surface area contributed by atoms with E-state index in [0.29, 0.717) is 37.3 Å². The minimum atomic E-state index is -0.380. The number of rotatable bonds is 4. The Morgan fingerprint density at radius 2 is 1.59 bits per heavy atom. The van der Waals surface area contributed by atoms with Gasteiger partial charge in [-0.25, -0.2) is 0 Å². The Kier molecular flexibility index (Phi) is 6.77. The normalized spacial score (nSPS) is 14.6. The van der Waals surface area contributed by atoms with E-state index < -0.39 is 0 Å². The maximum Gasteiger partial charge on any atom is 0.277 e. The summed E-state index contributed by atoms with van der Waals surface area (Å²) in [5.74, 6) is -0.166. The second-order valence-corrected chi connectivity index (χ2v) is 8.96. The molecule has 1 aliphatic rings. The second-order valence-electron chi connectivity index (χ2n) is 8.96. The number of hydrogen-bond acceptors (Lipinski definition) is 4. The minimum Gasteiger partial charge on any atom is -0.339 e. The fourth-order valence-electron chi connectivity index (χ4n) is 4.01. The van der Waals surface area contributed by atoms with E-state index in [4.69, 9.17) is 0 Å². The smallest absolute Gasteiger partial charge is 0.277 e. The molecule has 0 atom stereocenters. The summed E-state index contributed by atoms with van der Waals surface area (Å²) >= 11 is 0. The number of nitro groups is 1. The molecule has 0 unspecified atom stereocenters. The molecule has 2 aromatic carbocycles. The van der Waals surface area contributed by atoms with Crippen molar-refractivity contribution in [1.82, 2.24) is 9.80 Å². The molecule has 2 aromatic rings. The van der Waals surface area contributed by atoms with Crippen molar-refractivity contribution in [2.75, 3.05) is 26.2 Å². The van der Waals surface area contributed by atoms with Crippen LogP contribution in [0.4, 0.5) is 5.69 Å². The third-order valence-electron chi connectivity index (χ3n) is 5.72. The van der Waals surface area contributed by atoms with Crippen molar-refractivity contribution in [2.24, 2.45) is 0 Å². The number of piperazine rings is 1. The predicted molar refractivity (Wildman–Crippen MR) is 125 cm³/mol. The van der Waals surface area contributed by atoms with Gasteiger partial charge in [-0.1, -0.05) is 57.2 Å². The van der Waals surface area contributed by atoms with Gasteiger partial charge in [-0.15, -0.1) is 0 Å². The van der Waals surface area contributed by atoms with Crippen LogP contribution in [0.3, 0.4) is 0 Å². The van der Waals surface area contributed by atoms with Gasteiger partial charge >= 0.3 is 0 Å². The van der Waals surface area contributed by atoms with Gasteiger partial charge in [0.15, 0.2) is 0 Å². The van der Waals surface area contributed by atoms with Crippen LogP contribution in [0.5, 0.6) is 0 Å². The van der Waals surface area contributed by atoms with Gasteiger partial charge < -0.3 is 9.80 Å². The molecule has 0 saturated carbocycles. The largest absolute Gasteiger partial charge is 0.339 e. The molecule has 168 valence electrons. The summed E-state index contributed by atoms with van der Waals surface area (Å²) in [6.45, 7) is 9.69. The van der Waals surface area contributed by atoms with Gasteiger partial charge in [0, 0.05) is 45.2 Å². The third kappa shape index (κ3) is 5.04. The van der Waals surface area contributed by atoms with Gasteiger partial charge in [0.1, 0.15) is 0 Å². The van der Waals surface area contributed by atoms with Crippen molar-refractivity contribution in [3.63, 3.8) is 0 Å². The standard InChI is InChI=1S/C25H29N3O4/c1-18(29)26-14-16-27(17-15-26)23(30)13-12-19-8-7-11-22(28(31)32)24(19)20-9-5-6-10-21(20)25(2,3)4/h5-13H,14-17H2,1-4H3/b13-12+. The molecule has 0 aliphatic carbocycles. The van der Waals surface area contributed by atoms with E-state index in [1.165, 1.54) is 19.1 Å². The van der Waals surface area contributed by atoms with Crippen molar-refractivity contribution in [3.05, 3.63) is 69.8 Å². The van der Waals surface area contributed by atoms with Gasteiger partial charge in [0.2, 0.25) is 11.8 Å². The van der Waals surface area contributed by atoms with Crippen LogP contribution in [0.2, 0.25) is 0 Å². The minimum absolute atomic E-state index is 0.00590. The van der Waals surface area contributed by atoms with Gasteiger partial charge in [0.25, 0.3) is 5.69 Å². The number of hydrogen-bond donors (Lipinski definition) is 0. The Labute approximate surface area is 188 Å². The first-order valence-corrected chi connectivity index (χ1v) is 10.7. The lowest BCUT2D eigenvalue weighted by molar-refractivity contribution is -0.384. The molecule has 2 amide bonds. The third-order valence-corrected chi connectivity index (χ3v) is 5.72. The lowest BCUT2D eigenvalue weighted by atomic mass is 9.80. The summed E-state index contributed by atoms with van der Waals surface area (Å²) in [4.78, 5) is 39.1. The van der Waals surface area contributed by atoms with Crippen LogP contribution in [0.1, 0.15) is 38.8 Å². The number of carbonyl (C=O) groups is 2. The van der Waals surface area contributed by atoms with Crippen molar-refractivity contribution in [1.29, 1.82) is 0 Å². The fourth-order valence-corrected chi connectivity index (χ4v) is 4.01. The Hall–Kier alpha value is -3.48. The van der Waals surface area contributed by atoms with E-state index in [0.717, 1.165) is 11.1 Å². The quantitative estimate of drug-likeness (QED) is 0.408. The van der Waals surface area contributed by atoms with E-state index in [-0.39, 0.29) is 27.8 Å². The van der Waals surface area contributed by atoms with Crippen LogP contribution in [-0.4, -0.2) is 52.7 Å². The van der Waals surface area contributed by atoms with Crippen LogP contribution in [0.15, 0.2) is 48.5 Å². The van der Waals surface area contributed by atoms with Crippen molar-refractivity contribution in [3.8, 4) is 11.1 Å². The van der Waals surface area contributed by atoms with Gasteiger partial charge in [-0.3, -0.25) is 19.7 Å². The molecule has 0 spiro atoms. The molecule has 7 nitrogen and oxygen atoms in total. The van der Waals surface area contributed by atoms with E-state index >= 15 is 0 Å². The highest BCUT2D eigenvalue weighted by Crippen LogP contribution is 2.40. The summed E-state index contributed by atoms with van der Waals surface area (Å²) in [6.07, 6.45) is 3.12. The van der Waals surface area contributed by atoms with Crippen LogP contribution < -0.4 is 0 Å². The zero-order chi connectivity index (χ0) is 23.5. The van der Waals surface area contributed by atoms with Crippen molar-refractivity contribution >= 4 is 23.6 Å². The zero-order valence-electron chi connectivity index (χ0n) is 19.0. The summed E-state index contributed by atoms with van der Waals surface area (Å²) in [7, 11) is 0. The number of nitro benzene ring substituents is 1. The highest BCUT2D eigenvalue weighted by Gasteiger charge is 2.25. The summed E-state index contributed by atoms with van der Waals surface area (Å²) in [6, 6.07) is 12.6. The highest BCUT2D eigenvalue weighted by atomic mass is 16.6. The lowest BCUT2D eigenvalue weighted by Crippen LogP contribution is -2.49. The maximum absolute atomic E-state index is 12.7. The van der Waals surface area contributed by atoms with Crippen LogP contribution >= 0.6 is 0 Å². The van der Waals surface area contributed by atoms with Gasteiger partial charge in [-0.2, -0.15) is 0 Å². The summed E-state index contributed by atoms with van der Waals surface area (Å²) in [5, 5.41) is 11.9. The molecule has 32 heavy (non-hydrogen) atoms. The first-order chi connectivity index (χ1) is 15.1. The Bertz CT molecular complexity index is 1060. The number of amides is 2. The highest BCUT2D eigenvalue weighted by molar-refractivity contribution is 5.94. The average Bonchev–Trinajstić information content (AvgIpc) is 2.76. The van der Waals surface area contributed by atoms with Crippen molar-refractivity contribution < 1.29 is 14.5 Å². The van der Waals surface area contributed by atoms with E-state index in [1.54, 1.807) is 28.0 Å². The monoisotopic (exact) mass is 435 g/mol. The molecule has 7 heteroatoms. The Morgan fingerprint density at radius 3 is 2.19 bits per heavy atom. The second kappa shape index (κ2) is 9.34. The maximum atomic E-state index is 12.7. The molecule has 1 aliphatic heterocycles. The Morgan fingerprint density at radius 1 is 0.969 bits per heavy atom. The topological polar surface area (TPSA) is 83.8 Å². The molecular formula is C25H29N3O4. The molecule has 0 N–H and O–H groups in total. The van der Waals surface area contributed by atoms with E-state index in [1.807, 2.05) is 24.3 Å². The molecule has 0 bridgehead atoms. The fraction of sp³-hybridized carbons (Fsp3) is 0.360. The van der Waals surface area contributed by atoms with Crippen LogP contribution in [0, 0.1) is 10.1 Å². The number of nitrogens with zero attached hydrogens (tertiary/aromatic N) is 3. The van der Waals surface area contributed by atoms with E-state index in [9.17, 15) is 19.7 Å². The lowest BCUT2D eigenvalue weighted by Gasteiger charge is -2.33. The van der Waals surface area contributed by atoms with Gasteiger partial charge in [-0.05, 0) is 28.2 Å². The molecule has 0 aromatic heterocycles. The van der Waals surface area contributed by atoms with E-state index in [2.05, 4.69) is 20.8 Å². The molecule has 1 heterocycles. The molecule has 1 saturated heterocycles. The summed E-state index contributed by atoms with van der Waals surface area (Å²) < 4.78 is 0. The molecular weight excluding hydrogens is 406 g/mol. The first-order valence-electron chi connectivity index (χ1n) is 10.7. The van der Waals surface area contributed by atoms with Gasteiger partial charge in [0.05, 0.1) is 10.5 Å². The Balaban J connectivity index is 1.98. The summed E-state index contributed by atoms with van der Waals surface area (Å²) in [5.41, 5.74) is 2.70. The number of carbonyl (C=O) groups excluding carboxylic acids is 2. The van der Waals surface area contributed by atoms with Crippen LogP contribution in [0.25, 0.3) is 17.2 Å². The van der Waals surface area contributed by atoms with Crippen molar-refractivity contribution in [2.45, 2.75) is 33.1 Å². The SMILES string of the molecule is CC(=O)N1CCN(C(=O)/C=C/c2cccc([N+](=O)[O-])c2-c2ccccc2C(C)(C)C)CC1. The zero-order valence-corrected chi connectivity index (χ0v) is 19.0. The number of benzene rings is 2. The average molecular weight is 436 g/mol.